The predicted octanol–water partition coefficient (Wildman–Crippen LogP) is 5.53. The van der Waals surface area contributed by atoms with Crippen LogP contribution < -0.4 is 20.1 Å². The Balaban J connectivity index is 1.55. The molecule has 0 spiro atoms. The van der Waals surface area contributed by atoms with Crippen LogP contribution in [-0.4, -0.2) is 25.8 Å². The minimum atomic E-state index is -0.450. The number of benzene rings is 3. The fraction of sp³-hybridized carbons (Fsp3) is 0.231. The van der Waals surface area contributed by atoms with E-state index < -0.39 is 5.92 Å². The maximum atomic E-state index is 12.8. The van der Waals surface area contributed by atoms with E-state index in [9.17, 15) is 4.79 Å². The summed E-state index contributed by atoms with van der Waals surface area (Å²) >= 11 is 0. The van der Waals surface area contributed by atoms with Crippen LogP contribution in [0.4, 0.5) is 17.1 Å². The van der Waals surface area contributed by atoms with Crippen molar-refractivity contribution in [3.8, 4) is 11.5 Å². The molecule has 0 saturated heterocycles. The summed E-state index contributed by atoms with van der Waals surface area (Å²) in [6.07, 6.45) is 0.656. The highest BCUT2D eigenvalue weighted by molar-refractivity contribution is 6.19. The van der Waals surface area contributed by atoms with Gasteiger partial charge in [0.1, 0.15) is 5.92 Å². The Morgan fingerprint density at radius 2 is 1.69 bits per heavy atom. The van der Waals surface area contributed by atoms with Gasteiger partial charge in [0.15, 0.2) is 11.5 Å². The third-order valence-corrected chi connectivity index (χ3v) is 5.56. The summed E-state index contributed by atoms with van der Waals surface area (Å²) in [5, 5.41) is 6.36. The minimum Gasteiger partial charge on any atom is -0.493 e. The second-order valence-corrected chi connectivity index (χ2v) is 7.56. The van der Waals surface area contributed by atoms with Gasteiger partial charge in [-0.15, -0.1) is 0 Å². The zero-order valence-corrected chi connectivity index (χ0v) is 18.5. The first-order valence-corrected chi connectivity index (χ1v) is 10.6. The van der Waals surface area contributed by atoms with E-state index in [0.717, 1.165) is 40.4 Å². The highest BCUT2D eigenvalue weighted by atomic mass is 16.5. The summed E-state index contributed by atoms with van der Waals surface area (Å²) in [6.45, 7) is 2.75. The Morgan fingerprint density at radius 3 is 2.34 bits per heavy atom. The molecule has 1 atom stereocenters. The molecule has 1 aliphatic rings. The van der Waals surface area contributed by atoms with Gasteiger partial charge in [-0.05, 0) is 47.9 Å². The lowest BCUT2D eigenvalue weighted by Crippen LogP contribution is -2.20. The molecule has 32 heavy (non-hydrogen) atoms. The van der Waals surface area contributed by atoms with Gasteiger partial charge >= 0.3 is 0 Å². The summed E-state index contributed by atoms with van der Waals surface area (Å²) < 4.78 is 10.8. The highest BCUT2D eigenvalue weighted by Crippen LogP contribution is 2.42. The van der Waals surface area contributed by atoms with Gasteiger partial charge in [-0.2, -0.15) is 0 Å². The van der Waals surface area contributed by atoms with Crippen LogP contribution in [0.5, 0.6) is 11.5 Å². The summed E-state index contributed by atoms with van der Waals surface area (Å²) in [7, 11) is 3.17. The number of anilines is 2. The van der Waals surface area contributed by atoms with Crippen LogP contribution >= 0.6 is 0 Å². The molecule has 0 fully saturated rings. The third-order valence-electron chi connectivity index (χ3n) is 5.56. The first-order valence-electron chi connectivity index (χ1n) is 10.6. The molecule has 1 aliphatic heterocycles. The number of para-hydroxylation sites is 1. The van der Waals surface area contributed by atoms with E-state index >= 15 is 0 Å². The van der Waals surface area contributed by atoms with Gasteiger partial charge in [0.25, 0.3) is 0 Å². The molecule has 0 radical (unpaired) electrons. The maximum absolute atomic E-state index is 12.8. The number of ether oxygens (including phenoxy) is 2. The molecule has 0 aliphatic carbocycles. The van der Waals surface area contributed by atoms with Crippen LogP contribution in [0.1, 0.15) is 30.4 Å². The fourth-order valence-electron chi connectivity index (χ4n) is 3.88. The molecule has 0 aromatic heterocycles. The molecule has 2 N–H and O–H groups in total. The van der Waals surface area contributed by atoms with Crippen molar-refractivity contribution in [1.29, 1.82) is 0 Å². The van der Waals surface area contributed by atoms with Crippen LogP contribution in [0.2, 0.25) is 0 Å². The van der Waals surface area contributed by atoms with Gasteiger partial charge in [-0.1, -0.05) is 37.3 Å². The number of nitrogens with one attached hydrogen (secondary N) is 2. The fourth-order valence-corrected chi connectivity index (χ4v) is 3.88. The normalized spacial score (nSPS) is 15.2. The average Bonchev–Trinajstić information content (AvgIpc) is 3.16. The summed E-state index contributed by atoms with van der Waals surface area (Å²) in [5.74, 6) is 0.647. The van der Waals surface area contributed by atoms with Gasteiger partial charge in [-0.3, -0.25) is 9.79 Å². The Bertz CT molecular complexity index is 1130. The summed E-state index contributed by atoms with van der Waals surface area (Å²) in [6, 6.07) is 21.8. The topological polar surface area (TPSA) is 72.0 Å². The average molecular weight is 430 g/mol. The number of methoxy groups -OCH3 is 2. The molecule has 1 amide bonds. The molecule has 6 nitrogen and oxygen atoms in total. The molecule has 164 valence electrons. The smallest absolute Gasteiger partial charge is 0.237 e. The quantitative estimate of drug-likeness (QED) is 0.462. The minimum absolute atomic E-state index is 0.0837. The van der Waals surface area contributed by atoms with Crippen molar-refractivity contribution in [2.75, 3.05) is 24.9 Å². The molecule has 4 rings (SSSR count). The first kappa shape index (κ1) is 21.4. The van der Waals surface area contributed by atoms with E-state index in [-0.39, 0.29) is 5.91 Å². The Labute approximate surface area is 188 Å². The lowest BCUT2D eigenvalue weighted by atomic mass is 9.93. The summed E-state index contributed by atoms with van der Waals surface area (Å²) in [4.78, 5) is 17.6. The molecule has 1 unspecified atom stereocenters. The SMILES string of the molecule is CCC(=Nc1ccc(CNc2ccccc2)cc1)C1C(=O)Nc2cc(OC)c(OC)cc21. The van der Waals surface area contributed by atoms with Crippen molar-refractivity contribution in [2.45, 2.75) is 25.8 Å². The first-order chi connectivity index (χ1) is 15.6. The van der Waals surface area contributed by atoms with Crippen molar-refractivity contribution < 1.29 is 14.3 Å². The van der Waals surface area contributed by atoms with E-state index in [1.165, 1.54) is 0 Å². The number of amides is 1. The van der Waals surface area contributed by atoms with Crippen LogP contribution in [0.25, 0.3) is 0 Å². The Kier molecular flexibility index (Phi) is 6.40. The zero-order chi connectivity index (χ0) is 22.5. The maximum Gasteiger partial charge on any atom is 0.237 e. The van der Waals surface area contributed by atoms with Gasteiger partial charge in [0, 0.05) is 29.7 Å². The van der Waals surface area contributed by atoms with E-state index in [4.69, 9.17) is 14.5 Å². The lowest BCUT2D eigenvalue weighted by molar-refractivity contribution is -0.115. The molecule has 0 saturated carbocycles. The van der Waals surface area contributed by atoms with Crippen LogP contribution in [0, 0.1) is 0 Å². The standard InChI is InChI=1S/C26H27N3O3/c1-4-21(25-20-14-23(31-2)24(32-3)15-22(20)29-26(25)30)28-19-12-10-17(11-13-19)16-27-18-8-6-5-7-9-18/h5-15,25,27H,4,16H2,1-3H3,(H,29,30). The largest absolute Gasteiger partial charge is 0.493 e. The molecular formula is C26H27N3O3. The van der Waals surface area contributed by atoms with Crippen molar-refractivity contribution in [1.82, 2.24) is 0 Å². The number of rotatable bonds is 8. The second-order valence-electron chi connectivity index (χ2n) is 7.56. The van der Waals surface area contributed by atoms with Crippen molar-refractivity contribution in [3.63, 3.8) is 0 Å². The van der Waals surface area contributed by atoms with Crippen molar-refractivity contribution >= 4 is 28.7 Å². The predicted molar refractivity (Wildman–Crippen MR) is 129 cm³/mol. The number of carbonyl (C=O) groups is 1. The number of nitrogens with zero attached hydrogens (tertiary/aromatic N) is 1. The van der Waals surface area contributed by atoms with Crippen molar-refractivity contribution in [3.05, 3.63) is 77.9 Å². The molecule has 1 heterocycles. The van der Waals surface area contributed by atoms with E-state index in [2.05, 4.69) is 22.8 Å². The van der Waals surface area contributed by atoms with E-state index in [1.54, 1.807) is 20.3 Å². The van der Waals surface area contributed by atoms with E-state index in [1.807, 2.05) is 55.5 Å². The summed E-state index contributed by atoms with van der Waals surface area (Å²) in [5.41, 5.74) is 5.47. The number of hydrogen-bond acceptors (Lipinski definition) is 5. The number of hydrogen-bond donors (Lipinski definition) is 2. The molecular weight excluding hydrogens is 402 g/mol. The molecule has 0 bridgehead atoms. The molecule has 6 heteroatoms. The Morgan fingerprint density at radius 1 is 1.00 bits per heavy atom. The van der Waals surface area contributed by atoms with Crippen molar-refractivity contribution in [2.24, 2.45) is 4.99 Å². The highest BCUT2D eigenvalue weighted by Gasteiger charge is 2.35. The van der Waals surface area contributed by atoms with Gasteiger partial charge in [-0.25, -0.2) is 0 Å². The van der Waals surface area contributed by atoms with Crippen LogP contribution in [0.15, 0.2) is 71.7 Å². The lowest BCUT2D eigenvalue weighted by Gasteiger charge is -2.14. The molecule has 3 aromatic rings. The monoisotopic (exact) mass is 429 g/mol. The zero-order valence-electron chi connectivity index (χ0n) is 18.5. The number of fused-ring (bicyclic) bond motifs is 1. The third kappa shape index (κ3) is 4.44. The number of aliphatic imine (C=N–C) groups is 1. The molecule has 3 aromatic carbocycles. The van der Waals surface area contributed by atoms with Crippen LogP contribution in [0.3, 0.4) is 0 Å². The Hall–Kier alpha value is -3.80. The van der Waals surface area contributed by atoms with Gasteiger partial charge in [0.05, 0.1) is 19.9 Å². The van der Waals surface area contributed by atoms with Gasteiger partial charge in [0.2, 0.25) is 5.91 Å². The number of carbonyl (C=O) groups excluding carboxylic acids is 1. The van der Waals surface area contributed by atoms with Gasteiger partial charge < -0.3 is 20.1 Å². The van der Waals surface area contributed by atoms with Crippen LogP contribution in [-0.2, 0) is 11.3 Å². The van der Waals surface area contributed by atoms with E-state index in [0.29, 0.717) is 17.9 Å². The second kappa shape index (κ2) is 9.56.